The van der Waals surface area contributed by atoms with E-state index in [4.69, 9.17) is 23.2 Å². The van der Waals surface area contributed by atoms with Crippen molar-refractivity contribution in [2.24, 2.45) is 0 Å². The van der Waals surface area contributed by atoms with Crippen LogP contribution in [0.2, 0.25) is 10.0 Å². The second-order valence-corrected chi connectivity index (χ2v) is 8.44. The minimum Gasteiger partial charge on any atom is -0.352 e. The van der Waals surface area contributed by atoms with Gasteiger partial charge >= 0.3 is 0 Å². The number of halogens is 2. The smallest absolute Gasteiger partial charge is 0.243 e. The van der Waals surface area contributed by atoms with Gasteiger partial charge in [-0.25, -0.2) is 0 Å². The number of rotatable bonds is 9. The largest absolute Gasteiger partial charge is 0.352 e. The van der Waals surface area contributed by atoms with Crippen LogP contribution in [0.25, 0.3) is 0 Å². The number of hydrogen-bond acceptors (Lipinski definition) is 2. The quantitative estimate of drug-likeness (QED) is 0.545. The van der Waals surface area contributed by atoms with E-state index in [0.29, 0.717) is 28.6 Å². The molecule has 2 aromatic carbocycles. The molecule has 2 rings (SSSR count). The molecule has 2 atom stereocenters. The van der Waals surface area contributed by atoms with Crippen molar-refractivity contribution in [1.82, 2.24) is 10.2 Å². The minimum atomic E-state index is -0.576. The Hall–Kier alpha value is -2.04. The van der Waals surface area contributed by atoms with Gasteiger partial charge in [0.15, 0.2) is 0 Å². The Labute approximate surface area is 189 Å². The van der Waals surface area contributed by atoms with Crippen molar-refractivity contribution in [3.63, 3.8) is 0 Å². The Morgan fingerprint density at radius 1 is 1.03 bits per heavy atom. The molecule has 162 valence electrons. The van der Waals surface area contributed by atoms with Crippen molar-refractivity contribution in [1.29, 1.82) is 0 Å². The molecule has 30 heavy (non-hydrogen) atoms. The maximum absolute atomic E-state index is 13.4. The summed E-state index contributed by atoms with van der Waals surface area (Å²) in [7, 11) is 0. The van der Waals surface area contributed by atoms with Gasteiger partial charge in [-0.05, 0) is 49.9 Å². The summed E-state index contributed by atoms with van der Waals surface area (Å²) in [6.07, 6.45) is 1.37. The SMILES string of the molecule is CC[C@@H](C)NC(=O)[C@@H](CC)N(Cc1cccc(C)c1)C(=O)Cc1c(Cl)cccc1Cl. The van der Waals surface area contributed by atoms with Gasteiger partial charge in [0, 0.05) is 22.6 Å². The predicted octanol–water partition coefficient (Wildman–Crippen LogP) is 5.57. The van der Waals surface area contributed by atoms with Crippen LogP contribution >= 0.6 is 23.2 Å². The fourth-order valence-electron chi connectivity index (χ4n) is 3.32. The zero-order valence-electron chi connectivity index (χ0n) is 18.0. The van der Waals surface area contributed by atoms with Crippen molar-refractivity contribution in [3.05, 3.63) is 69.2 Å². The number of nitrogens with zero attached hydrogens (tertiary/aromatic N) is 1. The van der Waals surface area contributed by atoms with Crippen LogP contribution < -0.4 is 5.32 Å². The molecule has 0 unspecified atom stereocenters. The standard InChI is InChI=1S/C24H30Cl2N2O2/c1-5-17(4)27-24(30)22(6-2)28(15-18-10-7-9-16(3)13-18)23(29)14-19-20(25)11-8-12-21(19)26/h7-13,17,22H,5-6,14-15H2,1-4H3,(H,27,30)/t17-,22-/m1/s1. The third kappa shape index (κ3) is 6.48. The van der Waals surface area contributed by atoms with E-state index in [-0.39, 0.29) is 24.3 Å². The van der Waals surface area contributed by atoms with Gasteiger partial charge in [0.25, 0.3) is 0 Å². The summed E-state index contributed by atoms with van der Waals surface area (Å²) in [4.78, 5) is 28.0. The van der Waals surface area contributed by atoms with Crippen molar-refractivity contribution in [3.8, 4) is 0 Å². The Balaban J connectivity index is 2.35. The lowest BCUT2D eigenvalue weighted by molar-refractivity contribution is -0.141. The molecule has 0 spiro atoms. The van der Waals surface area contributed by atoms with Gasteiger partial charge < -0.3 is 10.2 Å². The van der Waals surface area contributed by atoms with Gasteiger partial charge in [-0.3, -0.25) is 9.59 Å². The van der Waals surface area contributed by atoms with E-state index in [0.717, 1.165) is 17.5 Å². The van der Waals surface area contributed by atoms with E-state index >= 15 is 0 Å². The average Bonchev–Trinajstić information content (AvgIpc) is 2.70. The summed E-state index contributed by atoms with van der Waals surface area (Å²) in [5.41, 5.74) is 2.66. The normalized spacial score (nSPS) is 12.9. The van der Waals surface area contributed by atoms with Crippen LogP contribution in [0.5, 0.6) is 0 Å². The summed E-state index contributed by atoms with van der Waals surface area (Å²) in [6.45, 7) is 8.24. The van der Waals surface area contributed by atoms with Gasteiger partial charge in [0.1, 0.15) is 6.04 Å². The van der Waals surface area contributed by atoms with Crippen molar-refractivity contribution < 1.29 is 9.59 Å². The monoisotopic (exact) mass is 448 g/mol. The molecular weight excluding hydrogens is 419 g/mol. The number of carbonyl (C=O) groups excluding carboxylic acids is 2. The third-order valence-corrected chi connectivity index (χ3v) is 5.92. The van der Waals surface area contributed by atoms with Crippen molar-refractivity contribution in [2.75, 3.05) is 0 Å². The number of carbonyl (C=O) groups is 2. The fraction of sp³-hybridized carbons (Fsp3) is 0.417. The molecule has 0 radical (unpaired) electrons. The van der Waals surface area contributed by atoms with Crippen LogP contribution in [-0.4, -0.2) is 28.8 Å². The van der Waals surface area contributed by atoms with Crippen LogP contribution in [0, 0.1) is 6.92 Å². The first kappa shape index (κ1) is 24.2. The number of amides is 2. The predicted molar refractivity (Wildman–Crippen MR) is 124 cm³/mol. The second kappa shape index (κ2) is 11.4. The maximum atomic E-state index is 13.4. The fourth-order valence-corrected chi connectivity index (χ4v) is 3.85. The van der Waals surface area contributed by atoms with Crippen molar-refractivity contribution >= 4 is 35.0 Å². The van der Waals surface area contributed by atoms with E-state index in [1.807, 2.05) is 52.0 Å². The molecule has 0 aliphatic rings. The average molecular weight is 449 g/mol. The van der Waals surface area contributed by atoms with Crippen LogP contribution in [-0.2, 0) is 22.6 Å². The molecule has 6 heteroatoms. The molecule has 2 aromatic rings. The van der Waals surface area contributed by atoms with Gasteiger partial charge in [0.05, 0.1) is 6.42 Å². The molecule has 0 aliphatic heterocycles. The lowest BCUT2D eigenvalue weighted by Crippen LogP contribution is -2.51. The first-order valence-electron chi connectivity index (χ1n) is 10.3. The Morgan fingerprint density at radius 2 is 1.67 bits per heavy atom. The molecule has 0 heterocycles. The summed E-state index contributed by atoms with van der Waals surface area (Å²) in [5.74, 6) is -0.323. The first-order chi connectivity index (χ1) is 14.3. The van der Waals surface area contributed by atoms with E-state index in [2.05, 4.69) is 5.32 Å². The molecule has 0 saturated carbocycles. The third-order valence-electron chi connectivity index (χ3n) is 5.21. The van der Waals surface area contributed by atoms with Gasteiger partial charge in [-0.1, -0.05) is 72.9 Å². The maximum Gasteiger partial charge on any atom is 0.243 e. The Bertz CT molecular complexity index is 865. The molecule has 1 N–H and O–H groups in total. The first-order valence-corrected chi connectivity index (χ1v) is 11.1. The van der Waals surface area contributed by atoms with E-state index in [9.17, 15) is 9.59 Å². The number of benzene rings is 2. The van der Waals surface area contributed by atoms with Crippen LogP contribution in [0.15, 0.2) is 42.5 Å². The zero-order chi connectivity index (χ0) is 22.3. The molecule has 0 aromatic heterocycles. The topological polar surface area (TPSA) is 49.4 Å². The Morgan fingerprint density at radius 3 is 2.23 bits per heavy atom. The highest BCUT2D eigenvalue weighted by Crippen LogP contribution is 2.26. The van der Waals surface area contributed by atoms with E-state index < -0.39 is 6.04 Å². The highest BCUT2D eigenvalue weighted by atomic mass is 35.5. The highest BCUT2D eigenvalue weighted by molar-refractivity contribution is 6.36. The number of hydrogen-bond donors (Lipinski definition) is 1. The molecule has 0 fully saturated rings. The zero-order valence-corrected chi connectivity index (χ0v) is 19.6. The van der Waals surface area contributed by atoms with Crippen LogP contribution in [0.3, 0.4) is 0 Å². The summed E-state index contributed by atoms with van der Waals surface area (Å²) in [6, 6.07) is 12.6. The molecule has 2 amide bonds. The highest BCUT2D eigenvalue weighted by Gasteiger charge is 2.30. The molecule has 0 aliphatic carbocycles. The van der Waals surface area contributed by atoms with Crippen LogP contribution in [0.1, 0.15) is 50.3 Å². The lowest BCUT2D eigenvalue weighted by Gasteiger charge is -2.32. The molecule has 0 bridgehead atoms. The molecular formula is C24H30Cl2N2O2. The van der Waals surface area contributed by atoms with Crippen LogP contribution in [0.4, 0.5) is 0 Å². The Kier molecular flexibility index (Phi) is 9.19. The van der Waals surface area contributed by atoms with Gasteiger partial charge in [-0.15, -0.1) is 0 Å². The summed E-state index contributed by atoms with van der Waals surface area (Å²) < 4.78 is 0. The van der Waals surface area contributed by atoms with Gasteiger partial charge in [-0.2, -0.15) is 0 Å². The second-order valence-electron chi connectivity index (χ2n) is 7.63. The van der Waals surface area contributed by atoms with E-state index in [1.54, 1.807) is 23.1 Å². The van der Waals surface area contributed by atoms with Gasteiger partial charge in [0.2, 0.25) is 11.8 Å². The van der Waals surface area contributed by atoms with Crippen molar-refractivity contribution in [2.45, 2.75) is 65.6 Å². The molecule has 4 nitrogen and oxygen atoms in total. The van der Waals surface area contributed by atoms with E-state index in [1.165, 1.54) is 0 Å². The number of aryl methyl sites for hydroxylation is 1. The molecule has 0 saturated heterocycles. The number of nitrogens with one attached hydrogen (secondary N) is 1. The minimum absolute atomic E-state index is 0.0391. The summed E-state index contributed by atoms with van der Waals surface area (Å²) in [5, 5.41) is 3.91. The lowest BCUT2D eigenvalue weighted by atomic mass is 10.0. The summed E-state index contributed by atoms with van der Waals surface area (Å²) >= 11 is 12.6.